The van der Waals surface area contributed by atoms with Crippen molar-refractivity contribution in [1.29, 1.82) is 0 Å². The number of amides is 1. The summed E-state index contributed by atoms with van der Waals surface area (Å²) in [5, 5.41) is 2.66. The summed E-state index contributed by atoms with van der Waals surface area (Å²) in [6, 6.07) is 21.5. The fourth-order valence-corrected chi connectivity index (χ4v) is 6.89. The summed E-state index contributed by atoms with van der Waals surface area (Å²) in [6.07, 6.45) is 3.84. The van der Waals surface area contributed by atoms with Crippen LogP contribution in [0.25, 0.3) is 20.2 Å². The van der Waals surface area contributed by atoms with Gasteiger partial charge in [-0.1, -0.05) is 24.3 Å². The number of rotatable bonds is 4. The lowest BCUT2D eigenvalue weighted by molar-refractivity contribution is 0.132. The van der Waals surface area contributed by atoms with Crippen molar-refractivity contribution in [3.05, 3.63) is 78.1 Å². The second-order valence-electron chi connectivity index (χ2n) is 9.55. The maximum Gasteiger partial charge on any atom is 0.414 e. The minimum absolute atomic E-state index is 0.113. The van der Waals surface area contributed by atoms with E-state index in [0.29, 0.717) is 0 Å². The second kappa shape index (κ2) is 8.45. The Morgan fingerprint density at radius 2 is 1.81 bits per heavy atom. The van der Waals surface area contributed by atoms with Gasteiger partial charge in [0.05, 0.1) is 18.4 Å². The highest BCUT2D eigenvalue weighted by molar-refractivity contribution is 7.25. The van der Waals surface area contributed by atoms with Gasteiger partial charge in [0, 0.05) is 51.5 Å². The molecule has 0 spiro atoms. The number of nitrogens with zero attached hydrogens (tertiary/aromatic N) is 3. The summed E-state index contributed by atoms with van der Waals surface area (Å²) >= 11 is 1.85. The van der Waals surface area contributed by atoms with E-state index in [4.69, 9.17) is 9.47 Å². The van der Waals surface area contributed by atoms with Gasteiger partial charge in [-0.25, -0.2) is 4.79 Å². The fraction of sp³-hybridized carbons (Fsp3) is 0.276. The molecule has 0 unspecified atom stereocenters. The first-order valence-corrected chi connectivity index (χ1v) is 13.3. The van der Waals surface area contributed by atoms with Crippen molar-refractivity contribution in [3.8, 4) is 5.75 Å². The highest BCUT2D eigenvalue weighted by Gasteiger charge is 2.37. The molecule has 1 fully saturated rings. The number of fused-ring (bicyclic) bond motifs is 4. The van der Waals surface area contributed by atoms with E-state index in [1.54, 1.807) is 7.11 Å². The van der Waals surface area contributed by atoms with Gasteiger partial charge in [0.25, 0.3) is 0 Å². The maximum atomic E-state index is 12.8. The Kier molecular flexibility index (Phi) is 5.06. The molecule has 182 valence electrons. The van der Waals surface area contributed by atoms with Gasteiger partial charge in [-0.05, 0) is 55.3 Å². The highest BCUT2D eigenvalue weighted by atomic mass is 32.1. The van der Waals surface area contributed by atoms with E-state index < -0.39 is 0 Å². The Morgan fingerprint density at radius 3 is 2.61 bits per heavy atom. The Bertz CT molecular complexity index is 1520. The number of likely N-dealkylation sites (tertiary alicyclic amines) is 1. The molecule has 3 aliphatic rings. The molecule has 4 aromatic rings. The molecule has 7 heteroatoms. The van der Waals surface area contributed by atoms with E-state index in [0.717, 1.165) is 49.5 Å². The third-order valence-corrected chi connectivity index (χ3v) is 8.83. The van der Waals surface area contributed by atoms with Crippen molar-refractivity contribution in [2.75, 3.05) is 36.5 Å². The molecule has 6 nitrogen and oxygen atoms in total. The average Bonchev–Trinajstić information content (AvgIpc) is 3.26. The number of methoxy groups -OCH3 is 1. The van der Waals surface area contributed by atoms with Gasteiger partial charge >= 0.3 is 6.09 Å². The molecular formula is C29H27N3O3S. The van der Waals surface area contributed by atoms with Crippen LogP contribution in [0.15, 0.2) is 72.6 Å². The zero-order valence-electron chi connectivity index (χ0n) is 20.1. The Hall–Kier alpha value is -3.71. The minimum atomic E-state index is -0.255. The van der Waals surface area contributed by atoms with Gasteiger partial charge in [0.2, 0.25) is 0 Å². The molecular weight excluding hydrogens is 470 g/mol. The third kappa shape index (κ3) is 3.33. The lowest BCUT2D eigenvalue weighted by Gasteiger charge is -2.46. The molecule has 0 aliphatic carbocycles. The predicted octanol–water partition coefficient (Wildman–Crippen LogP) is 6.35. The number of benzene rings is 3. The van der Waals surface area contributed by atoms with E-state index in [1.165, 1.54) is 31.7 Å². The number of ether oxygens (including phenoxy) is 2. The van der Waals surface area contributed by atoms with Crippen molar-refractivity contribution in [1.82, 2.24) is 4.90 Å². The van der Waals surface area contributed by atoms with Crippen LogP contribution in [0.3, 0.4) is 0 Å². The number of cyclic esters (lactones) is 1. The molecule has 1 amide bonds. The third-order valence-electron chi connectivity index (χ3n) is 7.68. The van der Waals surface area contributed by atoms with Crippen molar-refractivity contribution >= 4 is 49.0 Å². The van der Waals surface area contributed by atoms with Crippen molar-refractivity contribution < 1.29 is 14.3 Å². The summed E-state index contributed by atoms with van der Waals surface area (Å²) < 4.78 is 13.7. The van der Waals surface area contributed by atoms with Gasteiger partial charge in [-0.3, -0.25) is 4.90 Å². The molecule has 0 N–H and O–H groups in total. The number of piperidine rings is 1. The normalized spacial score (nSPS) is 18.2. The summed E-state index contributed by atoms with van der Waals surface area (Å²) in [6.45, 7) is 2.99. The van der Waals surface area contributed by atoms with E-state index >= 15 is 0 Å². The predicted molar refractivity (Wildman–Crippen MR) is 145 cm³/mol. The van der Waals surface area contributed by atoms with Crippen molar-refractivity contribution in [2.45, 2.75) is 25.5 Å². The Balaban J connectivity index is 1.09. The van der Waals surface area contributed by atoms with Crippen LogP contribution in [-0.4, -0.2) is 43.8 Å². The van der Waals surface area contributed by atoms with Gasteiger partial charge in [-0.2, -0.15) is 0 Å². The van der Waals surface area contributed by atoms with Crippen LogP contribution in [0, 0.1) is 0 Å². The van der Waals surface area contributed by atoms with Crippen LogP contribution in [0.1, 0.15) is 18.4 Å². The van der Waals surface area contributed by atoms with Crippen LogP contribution in [0.4, 0.5) is 16.2 Å². The van der Waals surface area contributed by atoms with E-state index in [-0.39, 0.29) is 18.7 Å². The number of hydrogen-bond donors (Lipinski definition) is 0. The van der Waals surface area contributed by atoms with E-state index in [2.05, 4.69) is 58.3 Å². The molecule has 0 bridgehead atoms. The topological polar surface area (TPSA) is 45.3 Å². The van der Waals surface area contributed by atoms with Crippen LogP contribution in [0.5, 0.6) is 5.75 Å². The van der Waals surface area contributed by atoms with Gasteiger partial charge in [0.15, 0.2) is 0 Å². The molecule has 0 radical (unpaired) electrons. The first-order chi connectivity index (χ1) is 17.7. The monoisotopic (exact) mass is 497 g/mol. The summed E-state index contributed by atoms with van der Waals surface area (Å²) in [4.78, 5) is 19.5. The Morgan fingerprint density at radius 1 is 0.972 bits per heavy atom. The summed E-state index contributed by atoms with van der Waals surface area (Å²) in [5.74, 6) is 2.05. The molecule has 7 rings (SSSR count). The number of carbonyl (C=O) groups is 1. The van der Waals surface area contributed by atoms with Crippen molar-refractivity contribution in [3.63, 3.8) is 0 Å². The van der Waals surface area contributed by atoms with Crippen LogP contribution in [0.2, 0.25) is 0 Å². The van der Waals surface area contributed by atoms with E-state index in [9.17, 15) is 4.79 Å². The lowest BCUT2D eigenvalue weighted by atomic mass is 10.00. The van der Waals surface area contributed by atoms with Crippen LogP contribution < -0.4 is 14.5 Å². The van der Waals surface area contributed by atoms with Crippen molar-refractivity contribution in [2.24, 2.45) is 0 Å². The quantitative estimate of drug-likeness (QED) is 0.329. The molecule has 4 heterocycles. The van der Waals surface area contributed by atoms with Gasteiger partial charge in [-0.15, -0.1) is 11.3 Å². The summed E-state index contributed by atoms with van der Waals surface area (Å²) in [5.41, 5.74) is 3.11. The molecule has 1 saturated heterocycles. The van der Waals surface area contributed by atoms with Crippen LogP contribution >= 0.6 is 11.3 Å². The molecule has 1 aromatic heterocycles. The largest absolute Gasteiger partial charge is 0.496 e. The zero-order chi connectivity index (χ0) is 24.2. The minimum Gasteiger partial charge on any atom is -0.496 e. The zero-order valence-corrected chi connectivity index (χ0v) is 21.0. The summed E-state index contributed by atoms with van der Waals surface area (Å²) in [7, 11) is 1.66. The van der Waals surface area contributed by atoms with Gasteiger partial charge < -0.3 is 19.3 Å². The molecule has 36 heavy (non-hydrogen) atoms. The molecule has 3 aliphatic heterocycles. The average molecular weight is 498 g/mol. The maximum absolute atomic E-state index is 12.8. The lowest BCUT2D eigenvalue weighted by Crippen LogP contribution is -2.52. The van der Waals surface area contributed by atoms with Crippen LogP contribution in [-0.2, 0) is 11.3 Å². The first-order valence-electron chi connectivity index (χ1n) is 12.5. The number of carbonyl (C=O) groups excluding carboxylic acids is 1. The number of anilines is 2. The fourth-order valence-electron chi connectivity index (χ4n) is 5.80. The number of thiophene rings is 1. The van der Waals surface area contributed by atoms with Gasteiger partial charge in [0.1, 0.15) is 18.2 Å². The molecule has 0 atom stereocenters. The standard InChI is InChI=1S/C29H27N3O3S/c1-34-25-7-4-6-24-23(25)18-35-29(33)32(24)19-11-14-30(15-12-19)28-13-16-31(28)20-9-10-27-22(17-20)21-5-2-3-8-26(21)36-27/h2-10,13,17,19H,11-12,14-16,18H2,1H3. The number of hydrogen-bond acceptors (Lipinski definition) is 6. The molecule has 0 saturated carbocycles. The smallest absolute Gasteiger partial charge is 0.414 e. The Labute approximate surface area is 213 Å². The second-order valence-corrected chi connectivity index (χ2v) is 10.6. The molecule has 3 aromatic carbocycles. The van der Waals surface area contributed by atoms with E-state index in [1.807, 2.05) is 34.4 Å². The SMILES string of the molecule is COc1cccc2c1COC(=O)N2C1CCN(C2=CCN2c2ccc3sc4ccccc4c3c2)CC1. The first kappa shape index (κ1) is 21.6. The highest BCUT2D eigenvalue weighted by Crippen LogP contribution is 2.40.